The highest BCUT2D eigenvalue weighted by atomic mass is 16.5. The Kier molecular flexibility index (Phi) is 5.35. The highest BCUT2D eigenvalue weighted by Gasteiger charge is 2.22. The molecule has 9 nitrogen and oxygen atoms in total. The maximum atomic E-state index is 13.4. The number of benzene rings is 3. The molecule has 0 atom stereocenters. The molecule has 34 heavy (non-hydrogen) atoms. The van der Waals surface area contributed by atoms with Gasteiger partial charge in [0, 0.05) is 17.4 Å². The Morgan fingerprint density at radius 3 is 2.50 bits per heavy atom. The lowest BCUT2D eigenvalue weighted by atomic mass is 10.1. The van der Waals surface area contributed by atoms with E-state index in [4.69, 9.17) is 14.6 Å². The number of rotatable bonds is 6. The second kappa shape index (κ2) is 8.62. The molecule has 0 unspecified atom stereocenters. The number of aromatic nitrogens is 4. The third kappa shape index (κ3) is 3.90. The van der Waals surface area contributed by atoms with Gasteiger partial charge in [0.25, 0.3) is 5.91 Å². The first-order valence-electron chi connectivity index (χ1n) is 10.5. The lowest BCUT2D eigenvalue weighted by Gasteiger charge is -2.10. The van der Waals surface area contributed by atoms with Crippen LogP contribution in [0.1, 0.15) is 10.4 Å². The molecule has 170 valence electrons. The normalized spacial score (nSPS) is 10.9. The van der Waals surface area contributed by atoms with E-state index in [-0.39, 0.29) is 11.6 Å². The Morgan fingerprint density at radius 2 is 1.74 bits per heavy atom. The summed E-state index contributed by atoms with van der Waals surface area (Å²) in [5.41, 5.74) is 3.67. The first kappa shape index (κ1) is 21.1. The topological polar surface area (TPSA) is 114 Å². The van der Waals surface area contributed by atoms with Crippen LogP contribution in [0.5, 0.6) is 11.5 Å². The Hall–Kier alpha value is -4.79. The van der Waals surface area contributed by atoms with Crippen LogP contribution in [-0.4, -0.2) is 39.9 Å². The van der Waals surface area contributed by atoms with Gasteiger partial charge in [0.1, 0.15) is 17.2 Å². The van der Waals surface area contributed by atoms with Crippen LogP contribution in [0.3, 0.4) is 0 Å². The van der Waals surface area contributed by atoms with Gasteiger partial charge in [-0.15, -0.1) is 0 Å². The van der Waals surface area contributed by atoms with Gasteiger partial charge in [-0.3, -0.25) is 4.79 Å². The number of H-pyrrole nitrogens is 2. The van der Waals surface area contributed by atoms with Crippen LogP contribution in [0.25, 0.3) is 28.0 Å². The molecule has 2 heterocycles. The summed E-state index contributed by atoms with van der Waals surface area (Å²) in [5, 5.41) is 7.62. The number of carbonyl (C=O) groups excluding carboxylic acids is 1. The van der Waals surface area contributed by atoms with Crippen LogP contribution in [0.15, 0.2) is 77.7 Å². The minimum Gasteiger partial charge on any atom is -0.497 e. The average molecular weight is 455 g/mol. The monoisotopic (exact) mass is 455 g/mol. The van der Waals surface area contributed by atoms with Crippen LogP contribution in [0.2, 0.25) is 0 Å². The zero-order valence-corrected chi connectivity index (χ0v) is 18.5. The summed E-state index contributed by atoms with van der Waals surface area (Å²) >= 11 is 0. The predicted molar refractivity (Wildman–Crippen MR) is 129 cm³/mol. The Labute approximate surface area is 194 Å². The molecule has 0 saturated carbocycles. The second-order valence-electron chi connectivity index (χ2n) is 7.53. The molecule has 3 aromatic carbocycles. The third-order valence-electron chi connectivity index (χ3n) is 5.42. The minimum atomic E-state index is -0.362. The second-order valence-corrected chi connectivity index (χ2v) is 7.53. The van der Waals surface area contributed by atoms with Crippen LogP contribution < -0.4 is 20.5 Å². The number of amides is 1. The van der Waals surface area contributed by atoms with Crippen LogP contribution in [-0.2, 0) is 0 Å². The summed E-state index contributed by atoms with van der Waals surface area (Å²) < 4.78 is 12.6. The van der Waals surface area contributed by atoms with Gasteiger partial charge in [-0.2, -0.15) is 5.10 Å². The highest BCUT2D eigenvalue weighted by molar-refractivity contribution is 6.09. The molecule has 0 fully saturated rings. The van der Waals surface area contributed by atoms with Crippen molar-refractivity contribution in [3.8, 4) is 28.4 Å². The Morgan fingerprint density at radius 1 is 0.941 bits per heavy atom. The zero-order valence-electron chi connectivity index (χ0n) is 18.5. The fourth-order valence-electron chi connectivity index (χ4n) is 3.76. The van der Waals surface area contributed by atoms with E-state index in [1.54, 1.807) is 61.5 Å². The van der Waals surface area contributed by atoms with Crippen molar-refractivity contribution in [3.63, 3.8) is 0 Å². The zero-order chi connectivity index (χ0) is 23.7. The number of hydrogen-bond donors (Lipinski definition) is 3. The first-order chi connectivity index (χ1) is 16.6. The molecule has 3 N–H and O–H groups in total. The van der Waals surface area contributed by atoms with E-state index in [0.717, 1.165) is 5.69 Å². The number of para-hydroxylation sites is 1. The minimum absolute atomic E-state index is 0.310. The van der Waals surface area contributed by atoms with E-state index in [2.05, 4.69) is 15.3 Å². The number of nitrogens with one attached hydrogen (secondary N) is 3. The van der Waals surface area contributed by atoms with Crippen LogP contribution >= 0.6 is 0 Å². The third-order valence-corrected chi connectivity index (χ3v) is 5.42. The van der Waals surface area contributed by atoms with Crippen molar-refractivity contribution in [2.75, 3.05) is 19.5 Å². The maximum absolute atomic E-state index is 13.4. The molecule has 9 heteroatoms. The molecule has 0 aliphatic carbocycles. The number of imidazole rings is 1. The lowest BCUT2D eigenvalue weighted by molar-refractivity contribution is 0.102. The molecule has 1 amide bonds. The van der Waals surface area contributed by atoms with E-state index in [1.165, 1.54) is 0 Å². The number of anilines is 1. The van der Waals surface area contributed by atoms with Gasteiger partial charge in [0.15, 0.2) is 0 Å². The summed E-state index contributed by atoms with van der Waals surface area (Å²) in [6, 6.07) is 20.0. The van der Waals surface area contributed by atoms with Gasteiger partial charge < -0.3 is 24.8 Å². The molecule has 0 spiro atoms. The molecule has 0 saturated heterocycles. The van der Waals surface area contributed by atoms with Crippen molar-refractivity contribution in [1.82, 2.24) is 19.7 Å². The Balaban J connectivity index is 1.60. The number of methoxy groups -OCH3 is 2. The maximum Gasteiger partial charge on any atom is 0.323 e. The van der Waals surface area contributed by atoms with Crippen molar-refractivity contribution >= 4 is 22.6 Å². The van der Waals surface area contributed by atoms with E-state index < -0.39 is 0 Å². The number of fused-ring (bicyclic) bond motifs is 1. The molecule has 5 aromatic rings. The molecule has 2 aromatic heterocycles. The Bertz CT molecular complexity index is 1550. The summed E-state index contributed by atoms with van der Waals surface area (Å²) in [7, 11) is 3.13. The molecule has 5 rings (SSSR count). The SMILES string of the molecule is COc1ccc(OC)c(-c2nn(-c3ccccc3)cc2C(=O)Nc2ccc3[nH]c(=O)[nH]c3c2)c1. The van der Waals surface area contributed by atoms with E-state index in [9.17, 15) is 9.59 Å². The van der Waals surface area contributed by atoms with Crippen LogP contribution in [0, 0.1) is 0 Å². The van der Waals surface area contributed by atoms with Gasteiger partial charge in [0.2, 0.25) is 0 Å². The smallest absolute Gasteiger partial charge is 0.323 e. The first-order valence-corrected chi connectivity index (χ1v) is 10.5. The van der Waals surface area contributed by atoms with Gasteiger partial charge in [-0.1, -0.05) is 18.2 Å². The summed E-state index contributed by atoms with van der Waals surface area (Å²) in [4.78, 5) is 30.4. The summed E-state index contributed by atoms with van der Waals surface area (Å²) in [6.45, 7) is 0. The van der Waals surface area contributed by atoms with Gasteiger partial charge in [-0.25, -0.2) is 9.48 Å². The fourth-order valence-corrected chi connectivity index (χ4v) is 3.76. The largest absolute Gasteiger partial charge is 0.497 e. The van der Waals surface area contributed by atoms with Crippen molar-refractivity contribution in [3.05, 3.63) is 89.0 Å². The van der Waals surface area contributed by atoms with E-state index in [0.29, 0.717) is 45.0 Å². The standard InChI is InChI=1S/C25H21N5O4/c1-33-17-9-11-22(34-2)18(13-17)23-19(14-30(29-23)16-6-4-3-5-7-16)24(31)26-15-8-10-20-21(12-15)28-25(32)27-20/h3-14H,1-2H3,(H,26,31)(H2,27,28,32). The molecular formula is C25H21N5O4. The number of carbonyl (C=O) groups is 1. The van der Waals surface area contributed by atoms with Crippen LogP contribution in [0.4, 0.5) is 5.69 Å². The number of nitrogens with zero attached hydrogens (tertiary/aromatic N) is 2. The van der Waals surface area contributed by atoms with Crippen molar-refractivity contribution in [2.45, 2.75) is 0 Å². The fraction of sp³-hybridized carbons (Fsp3) is 0.0800. The van der Waals surface area contributed by atoms with Crippen molar-refractivity contribution in [2.24, 2.45) is 0 Å². The van der Waals surface area contributed by atoms with E-state index >= 15 is 0 Å². The van der Waals surface area contributed by atoms with Crippen molar-refractivity contribution in [1.29, 1.82) is 0 Å². The summed E-state index contributed by atoms with van der Waals surface area (Å²) in [6.07, 6.45) is 1.68. The quantitative estimate of drug-likeness (QED) is 0.358. The van der Waals surface area contributed by atoms with Gasteiger partial charge in [0.05, 0.1) is 36.5 Å². The molecule has 0 bridgehead atoms. The molecule has 0 radical (unpaired) electrons. The average Bonchev–Trinajstić information content (AvgIpc) is 3.47. The number of hydrogen-bond acceptors (Lipinski definition) is 5. The number of ether oxygens (including phenoxy) is 2. The predicted octanol–water partition coefficient (Wildman–Crippen LogP) is 3.98. The number of aromatic amines is 2. The highest BCUT2D eigenvalue weighted by Crippen LogP contribution is 2.35. The van der Waals surface area contributed by atoms with Gasteiger partial charge >= 0.3 is 5.69 Å². The lowest BCUT2D eigenvalue weighted by Crippen LogP contribution is -2.12. The van der Waals surface area contributed by atoms with E-state index in [1.807, 2.05) is 30.3 Å². The molecular weight excluding hydrogens is 434 g/mol. The van der Waals surface area contributed by atoms with Crippen molar-refractivity contribution < 1.29 is 14.3 Å². The molecule has 0 aliphatic rings. The summed E-state index contributed by atoms with van der Waals surface area (Å²) in [5.74, 6) is 0.803. The molecule has 0 aliphatic heterocycles. The van der Waals surface area contributed by atoms with Gasteiger partial charge in [-0.05, 0) is 48.5 Å².